The quantitative estimate of drug-likeness (QED) is 0.807. The van der Waals surface area contributed by atoms with Crippen molar-refractivity contribution in [1.29, 1.82) is 5.26 Å². The molecule has 1 aliphatic rings. The summed E-state index contributed by atoms with van der Waals surface area (Å²) in [4.78, 5) is 18.1. The Balaban J connectivity index is 1.44. The number of hydrogen-bond donors (Lipinski definition) is 0. The van der Waals surface area contributed by atoms with Crippen LogP contribution in [0.25, 0.3) is 0 Å². The van der Waals surface area contributed by atoms with Gasteiger partial charge in [-0.1, -0.05) is 30.3 Å². The Hall–Kier alpha value is -2.91. The highest BCUT2D eigenvalue weighted by molar-refractivity contribution is 5.77. The third kappa shape index (κ3) is 4.78. The zero-order valence-corrected chi connectivity index (χ0v) is 13.8. The zero-order chi connectivity index (χ0) is 17.5. The molecule has 128 valence electrons. The number of aromatic nitrogens is 1. The summed E-state index contributed by atoms with van der Waals surface area (Å²) in [7, 11) is 0. The summed E-state index contributed by atoms with van der Waals surface area (Å²) in [5.74, 6) is 0.374. The highest BCUT2D eigenvalue weighted by Crippen LogP contribution is 2.17. The number of benzene rings is 1. The van der Waals surface area contributed by atoms with E-state index in [1.54, 1.807) is 23.2 Å². The van der Waals surface area contributed by atoms with Gasteiger partial charge in [-0.05, 0) is 11.6 Å². The molecule has 1 saturated heterocycles. The molecule has 0 aliphatic carbocycles. The molecule has 1 amide bonds. The summed E-state index contributed by atoms with van der Waals surface area (Å²) in [5.41, 5.74) is 1.55. The van der Waals surface area contributed by atoms with Crippen LogP contribution in [0.1, 0.15) is 17.5 Å². The Kier molecular flexibility index (Phi) is 5.60. The summed E-state index contributed by atoms with van der Waals surface area (Å²) < 4.78 is 11.3. The molecular weight excluding hydrogens is 318 g/mol. The van der Waals surface area contributed by atoms with Crippen molar-refractivity contribution in [2.75, 3.05) is 19.7 Å². The van der Waals surface area contributed by atoms with E-state index in [0.717, 1.165) is 12.0 Å². The summed E-state index contributed by atoms with van der Waals surface area (Å²) in [6, 6.07) is 15.0. The standard InChI is InChI=1S/C19H19N3O3/c20-11-16-6-8-21-18(10-16)25-17-7-9-22(12-17)19(23)14-24-13-15-4-2-1-3-5-15/h1-6,8,10,17H,7,9,12-14H2. The molecule has 1 atom stereocenters. The van der Waals surface area contributed by atoms with Gasteiger partial charge < -0.3 is 14.4 Å². The molecule has 1 aliphatic heterocycles. The van der Waals surface area contributed by atoms with Crippen molar-refractivity contribution < 1.29 is 14.3 Å². The molecule has 0 radical (unpaired) electrons. The molecule has 0 bridgehead atoms. The first-order valence-electron chi connectivity index (χ1n) is 8.17. The van der Waals surface area contributed by atoms with Gasteiger partial charge in [0.2, 0.25) is 11.8 Å². The smallest absolute Gasteiger partial charge is 0.248 e. The van der Waals surface area contributed by atoms with Crippen LogP contribution in [0.15, 0.2) is 48.7 Å². The molecule has 1 fully saturated rings. The molecule has 1 aromatic carbocycles. The number of amides is 1. The number of carbonyl (C=O) groups excluding carboxylic acids is 1. The minimum absolute atomic E-state index is 0.0410. The number of nitriles is 1. The Morgan fingerprint density at radius 3 is 2.96 bits per heavy atom. The highest BCUT2D eigenvalue weighted by atomic mass is 16.5. The predicted molar refractivity (Wildman–Crippen MR) is 90.7 cm³/mol. The molecule has 3 rings (SSSR count). The van der Waals surface area contributed by atoms with Gasteiger partial charge >= 0.3 is 0 Å². The molecule has 6 nitrogen and oxygen atoms in total. The van der Waals surface area contributed by atoms with Crippen LogP contribution < -0.4 is 4.74 Å². The SMILES string of the molecule is N#Cc1ccnc(OC2CCN(C(=O)COCc3ccccc3)C2)c1. The van der Waals surface area contributed by atoms with E-state index in [1.807, 2.05) is 30.3 Å². The van der Waals surface area contributed by atoms with Gasteiger partial charge in [-0.15, -0.1) is 0 Å². The van der Waals surface area contributed by atoms with Gasteiger partial charge in [-0.3, -0.25) is 4.79 Å². The second kappa shape index (κ2) is 8.27. The summed E-state index contributed by atoms with van der Waals surface area (Å²) >= 11 is 0. The average molecular weight is 337 g/mol. The largest absolute Gasteiger partial charge is 0.472 e. The maximum atomic E-state index is 12.2. The number of likely N-dealkylation sites (tertiary alicyclic amines) is 1. The molecule has 1 unspecified atom stereocenters. The van der Waals surface area contributed by atoms with E-state index in [2.05, 4.69) is 11.1 Å². The minimum Gasteiger partial charge on any atom is -0.472 e. The second-order valence-corrected chi connectivity index (χ2v) is 5.84. The van der Waals surface area contributed by atoms with Crippen LogP contribution in [0.4, 0.5) is 0 Å². The fourth-order valence-corrected chi connectivity index (χ4v) is 2.69. The van der Waals surface area contributed by atoms with Crippen LogP contribution in [0.3, 0.4) is 0 Å². The monoisotopic (exact) mass is 337 g/mol. The van der Waals surface area contributed by atoms with Gasteiger partial charge in [0, 0.05) is 25.2 Å². The van der Waals surface area contributed by atoms with Crippen molar-refractivity contribution >= 4 is 5.91 Å². The van der Waals surface area contributed by atoms with Crippen molar-refractivity contribution in [3.63, 3.8) is 0 Å². The van der Waals surface area contributed by atoms with E-state index in [4.69, 9.17) is 14.7 Å². The van der Waals surface area contributed by atoms with Crippen LogP contribution in [0.2, 0.25) is 0 Å². The van der Waals surface area contributed by atoms with E-state index in [1.165, 1.54) is 0 Å². The van der Waals surface area contributed by atoms with Crippen LogP contribution in [0, 0.1) is 11.3 Å². The van der Waals surface area contributed by atoms with E-state index in [-0.39, 0.29) is 18.6 Å². The van der Waals surface area contributed by atoms with E-state index in [9.17, 15) is 4.79 Å². The first-order valence-corrected chi connectivity index (χ1v) is 8.17. The molecule has 2 heterocycles. The number of carbonyl (C=O) groups is 1. The molecule has 2 aromatic rings. The molecule has 0 N–H and O–H groups in total. The van der Waals surface area contributed by atoms with Gasteiger partial charge in [0.15, 0.2) is 0 Å². The Morgan fingerprint density at radius 2 is 2.16 bits per heavy atom. The molecule has 6 heteroatoms. The third-order valence-electron chi connectivity index (χ3n) is 3.99. The first kappa shape index (κ1) is 16.9. The number of rotatable bonds is 6. The fraction of sp³-hybridized carbons (Fsp3) is 0.316. The van der Waals surface area contributed by atoms with E-state index >= 15 is 0 Å². The average Bonchev–Trinajstić information content (AvgIpc) is 3.11. The van der Waals surface area contributed by atoms with Crippen molar-refractivity contribution in [1.82, 2.24) is 9.88 Å². The van der Waals surface area contributed by atoms with E-state index in [0.29, 0.717) is 31.1 Å². The van der Waals surface area contributed by atoms with Crippen molar-refractivity contribution in [2.45, 2.75) is 19.1 Å². The topological polar surface area (TPSA) is 75.5 Å². The maximum Gasteiger partial charge on any atom is 0.248 e. The second-order valence-electron chi connectivity index (χ2n) is 5.84. The fourth-order valence-electron chi connectivity index (χ4n) is 2.69. The molecule has 0 saturated carbocycles. The van der Waals surface area contributed by atoms with Gasteiger partial charge in [0.1, 0.15) is 12.7 Å². The number of hydrogen-bond acceptors (Lipinski definition) is 5. The summed E-state index contributed by atoms with van der Waals surface area (Å²) in [6.07, 6.45) is 2.17. The maximum absolute atomic E-state index is 12.2. The Labute approximate surface area is 146 Å². The molecule has 0 spiro atoms. The summed E-state index contributed by atoms with van der Waals surface area (Å²) in [5, 5.41) is 8.90. The lowest BCUT2D eigenvalue weighted by molar-refractivity contribution is -0.135. The highest BCUT2D eigenvalue weighted by Gasteiger charge is 2.27. The van der Waals surface area contributed by atoms with Crippen LogP contribution in [-0.2, 0) is 16.1 Å². The lowest BCUT2D eigenvalue weighted by Gasteiger charge is -2.17. The van der Waals surface area contributed by atoms with Crippen molar-refractivity contribution in [3.05, 3.63) is 59.8 Å². The number of ether oxygens (including phenoxy) is 2. The lowest BCUT2D eigenvalue weighted by Crippen LogP contribution is -2.33. The molecule has 1 aromatic heterocycles. The van der Waals surface area contributed by atoms with Gasteiger partial charge in [0.05, 0.1) is 24.8 Å². The molecular formula is C19H19N3O3. The Morgan fingerprint density at radius 1 is 1.32 bits per heavy atom. The zero-order valence-electron chi connectivity index (χ0n) is 13.8. The van der Waals surface area contributed by atoms with E-state index < -0.39 is 0 Å². The Bertz CT molecular complexity index is 758. The van der Waals surface area contributed by atoms with Crippen molar-refractivity contribution in [3.8, 4) is 11.9 Å². The molecule has 25 heavy (non-hydrogen) atoms. The predicted octanol–water partition coefficient (Wildman–Crippen LogP) is 2.15. The normalized spacial score (nSPS) is 16.4. The third-order valence-corrected chi connectivity index (χ3v) is 3.99. The van der Waals surface area contributed by atoms with Crippen LogP contribution >= 0.6 is 0 Å². The van der Waals surface area contributed by atoms with Crippen LogP contribution in [0.5, 0.6) is 5.88 Å². The summed E-state index contributed by atoms with van der Waals surface area (Å²) in [6.45, 7) is 1.62. The van der Waals surface area contributed by atoms with Gasteiger partial charge in [-0.2, -0.15) is 5.26 Å². The van der Waals surface area contributed by atoms with Gasteiger partial charge in [0.25, 0.3) is 0 Å². The minimum atomic E-state index is -0.112. The lowest BCUT2D eigenvalue weighted by atomic mass is 10.2. The number of nitrogens with zero attached hydrogens (tertiary/aromatic N) is 3. The van der Waals surface area contributed by atoms with Crippen LogP contribution in [-0.4, -0.2) is 41.6 Å². The first-order chi connectivity index (χ1) is 12.2. The van der Waals surface area contributed by atoms with Crippen molar-refractivity contribution in [2.24, 2.45) is 0 Å². The van der Waals surface area contributed by atoms with Gasteiger partial charge in [-0.25, -0.2) is 4.98 Å². The number of pyridine rings is 1.